The third kappa shape index (κ3) is 5.90. The lowest BCUT2D eigenvalue weighted by Gasteiger charge is -2.12. The van der Waals surface area contributed by atoms with Crippen molar-refractivity contribution in [1.82, 2.24) is 35.0 Å². The molecule has 0 saturated carbocycles. The molecule has 43 heavy (non-hydrogen) atoms. The van der Waals surface area contributed by atoms with Crippen LogP contribution in [0.25, 0.3) is 28.1 Å². The monoisotopic (exact) mass is 589 g/mol. The molecule has 1 amide bonds. The quantitative estimate of drug-likeness (QED) is 0.215. The number of fused-ring (bicyclic) bond motifs is 1. The number of H-pyrrole nitrogens is 1. The molecule has 12 heteroatoms. The van der Waals surface area contributed by atoms with Gasteiger partial charge >= 0.3 is 5.97 Å². The van der Waals surface area contributed by atoms with Gasteiger partial charge in [0.1, 0.15) is 0 Å². The molecule has 0 unspecified atom stereocenters. The molecule has 3 aromatic carbocycles. The molecule has 0 bridgehead atoms. The number of nitrogens with zero attached hydrogens (tertiary/aromatic N) is 5. The molecule has 6 aromatic rings. The Morgan fingerprint density at radius 2 is 1.58 bits per heavy atom. The number of aryl methyl sites for hydroxylation is 1. The first-order valence-corrected chi connectivity index (χ1v) is 13.9. The van der Waals surface area contributed by atoms with Crippen LogP contribution < -0.4 is 10.9 Å². The Labute approximate surface area is 248 Å². The van der Waals surface area contributed by atoms with Crippen LogP contribution >= 0.6 is 11.8 Å². The topological polar surface area (TPSA) is 156 Å². The number of hydrogen-bond donors (Lipinski definition) is 3. The van der Waals surface area contributed by atoms with Crippen molar-refractivity contribution >= 4 is 34.7 Å². The molecule has 0 radical (unpaired) electrons. The van der Waals surface area contributed by atoms with Crippen LogP contribution in [0, 0.1) is 6.92 Å². The number of aromatic amines is 1. The van der Waals surface area contributed by atoms with Crippen LogP contribution in [0.3, 0.4) is 0 Å². The van der Waals surface area contributed by atoms with Gasteiger partial charge in [0.2, 0.25) is 5.16 Å². The Morgan fingerprint density at radius 3 is 2.30 bits per heavy atom. The summed E-state index contributed by atoms with van der Waals surface area (Å²) in [4.78, 5) is 50.7. The lowest BCUT2D eigenvalue weighted by molar-refractivity contribution is 0.0696. The lowest BCUT2D eigenvalue weighted by atomic mass is 10.1. The van der Waals surface area contributed by atoms with Crippen LogP contribution in [0.1, 0.15) is 32.0 Å². The highest BCUT2D eigenvalue weighted by Crippen LogP contribution is 2.27. The molecule has 6 rings (SSSR count). The van der Waals surface area contributed by atoms with Gasteiger partial charge in [0, 0.05) is 29.1 Å². The molecule has 11 nitrogen and oxygen atoms in total. The number of aromatic carboxylic acids is 1. The maximum Gasteiger partial charge on any atom is 0.335 e. The van der Waals surface area contributed by atoms with E-state index in [0.717, 1.165) is 11.1 Å². The molecule has 0 atom stereocenters. The Kier molecular flexibility index (Phi) is 7.50. The van der Waals surface area contributed by atoms with Crippen molar-refractivity contribution in [1.29, 1.82) is 0 Å². The van der Waals surface area contributed by atoms with Crippen molar-refractivity contribution in [2.75, 3.05) is 0 Å². The van der Waals surface area contributed by atoms with Crippen LogP contribution in [0.15, 0.2) is 106 Å². The molecule has 3 N–H and O–H groups in total. The summed E-state index contributed by atoms with van der Waals surface area (Å²) in [6.07, 6.45) is 0. The second-order valence-electron chi connectivity index (χ2n) is 9.50. The average Bonchev–Trinajstić information content (AvgIpc) is 3.49. The van der Waals surface area contributed by atoms with Gasteiger partial charge in [0.15, 0.2) is 16.6 Å². The number of carbonyl (C=O) groups excluding carboxylic acids is 1. The summed E-state index contributed by atoms with van der Waals surface area (Å²) in [5, 5.41) is 20.6. The number of amides is 1. The van der Waals surface area contributed by atoms with E-state index in [2.05, 4.69) is 25.5 Å². The summed E-state index contributed by atoms with van der Waals surface area (Å²) >= 11 is 1.18. The summed E-state index contributed by atoms with van der Waals surface area (Å²) < 4.78 is 1.48. The fourth-order valence-corrected chi connectivity index (χ4v) is 5.15. The van der Waals surface area contributed by atoms with Crippen LogP contribution in [0.2, 0.25) is 0 Å². The molecule has 3 heterocycles. The van der Waals surface area contributed by atoms with Crippen molar-refractivity contribution in [3.63, 3.8) is 0 Å². The Morgan fingerprint density at radius 1 is 0.860 bits per heavy atom. The van der Waals surface area contributed by atoms with Gasteiger partial charge in [0.05, 0.1) is 16.9 Å². The van der Waals surface area contributed by atoms with Crippen LogP contribution in [0.4, 0.5) is 0 Å². The molecule has 0 aliphatic heterocycles. The highest BCUT2D eigenvalue weighted by Gasteiger charge is 2.15. The molecule has 0 saturated heterocycles. The fraction of sp³-hybridized carbons (Fsp3) is 0.0645. The first-order valence-electron chi connectivity index (χ1n) is 13.1. The fourth-order valence-electron chi connectivity index (χ4n) is 4.45. The van der Waals surface area contributed by atoms with Gasteiger partial charge < -0.3 is 10.4 Å². The summed E-state index contributed by atoms with van der Waals surface area (Å²) in [6.45, 7) is 2.08. The van der Waals surface area contributed by atoms with Crippen molar-refractivity contribution < 1.29 is 14.7 Å². The Bertz CT molecular complexity index is 2020. The Balaban J connectivity index is 1.24. The summed E-state index contributed by atoms with van der Waals surface area (Å²) in [7, 11) is 0. The van der Waals surface area contributed by atoms with E-state index in [1.54, 1.807) is 42.5 Å². The predicted molar refractivity (Wildman–Crippen MR) is 160 cm³/mol. The third-order valence-corrected chi connectivity index (χ3v) is 7.39. The first kappa shape index (κ1) is 27.5. The average molecular weight is 590 g/mol. The largest absolute Gasteiger partial charge is 0.478 e. The number of carboxylic acids is 1. The summed E-state index contributed by atoms with van der Waals surface area (Å²) in [6, 6.07) is 25.7. The van der Waals surface area contributed by atoms with Gasteiger partial charge in [-0.3, -0.25) is 19.3 Å². The van der Waals surface area contributed by atoms with Crippen LogP contribution in [-0.2, 0) is 6.54 Å². The number of benzene rings is 3. The van der Waals surface area contributed by atoms with E-state index in [-0.39, 0.29) is 23.6 Å². The second-order valence-corrected chi connectivity index (χ2v) is 10.4. The maximum absolute atomic E-state index is 13.1. The van der Waals surface area contributed by atoms with Crippen LogP contribution in [-0.4, -0.2) is 46.7 Å². The smallest absolute Gasteiger partial charge is 0.335 e. The lowest BCUT2D eigenvalue weighted by Crippen LogP contribution is -2.23. The van der Waals surface area contributed by atoms with E-state index in [4.69, 9.17) is 10.1 Å². The zero-order valence-electron chi connectivity index (χ0n) is 22.7. The highest BCUT2D eigenvalue weighted by atomic mass is 32.2. The molecule has 3 aromatic heterocycles. The number of nitrogens with one attached hydrogen (secondary N) is 2. The Hall–Kier alpha value is -5.62. The number of hydrogen-bond acceptors (Lipinski definition) is 8. The van der Waals surface area contributed by atoms with Gasteiger partial charge in [-0.1, -0.05) is 42.5 Å². The molecular weight excluding hydrogens is 566 g/mol. The van der Waals surface area contributed by atoms with Gasteiger partial charge in [-0.15, -0.1) is 5.10 Å². The minimum absolute atomic E-state index is 0.176. The molecule has 0 fully saturated rings. The standard InChI is InChI=1S/C31H23N7O4S/c1-18-24-15-16-25(39)38(27(24)35-30(33-18)43-31-34-26(36-37-31)20-5-3-2-4-6-20)23-13-11-21(12-14-23)28(40)32-17-19-7-9-22(10-8-19)29(41)42/h2-16H,17H2,1H3,(H,32,40)(H,41,42)(H,34,36,37). The van der Waals surface area contributed by atoms with Crippen molar-refractivity contribution in [3.8, 4) is 17.1 Å². The molecule has 212 valence electrons. The van der Waals surface area contributed by atoms with Crippen molar-refractivity contribution in [3.05, 3.63) is 124 Å². The third-order valence-electron chi connectivity index (χ3n) is 6.66. The minimum Gasteiger partial charge on any atom is -0.478 e. The SMILES string of the molecule is Cc1nc(Sc2n[nH]c(-c3ccccc3)n2)nc2c1ccc(=O)n2-c1ccc(C(=O)NCc2ccc(C(=O)O)cc2)cc1. The zero-order valence-corrected chi connectivity index (χ0v) is 23.5. The van der Waals surface area contributed by atoms with Gasteiger partial charge in [-0.25, -0.2) is 19.7 Å². The first-order chi connectivity index (χ1) is 20.9. The van der Waals surface area contributed by atoms with Crippen molar-refractivity contribution in [2.24, 2.45) is 0 Å². The van der Waals surface area contributed by atoms with E-state index in [1.165, 1.54) is 34.5 Å². The number of aromatic nitrogens is 6. The minimum atomic E-state index is -1.01. The zero-order chi connectivity index (χ0) is 29.9. The maximum atomic E-state index is 13.1. The van der Waals surface area contributed by atoms with E-state index < -0.39 is 5.97 Å². The van der Waals surface area contributed by atoms with Crippen LogP contribution in [0.5, 0.6) is 0 Å². The van der Waals surface area contributed by atoms with E-state index in [1.807, 2.05) is 37.3 Å². The summed E-state index contributed by atoms with van der Waals surface area (Å²) in [5.41, 5.74) is 3.61. The van der Waals surface area contributed by atoms with Gasteiger partial charge in [-0.05, 0) is 66.7 Å². The summed E-state index contributed by atoms with van der Waals surface area (Å²) in [5.74, 6) is -0.695. The molecular formula is C31H23N7O4S. The number of carboxylic acid groups (broad SMARTS) is 1. The number of rotatable bonds is 8. The van der Waals surface area contributed by atoms with Crippen molar-refractivity contribution in [2.45, 2.75) is 23.8 Å². The molecule has 0 aliphatic rings. The van der Waals surface area contributed by atoms with Gasteiger partial charge in [0.25, 0.3) is 11.5 Å². The predicted octanol–water partition coefficient (Wildman–Crippen LogP) is 4.65. The molecule has 0 spiro atoms. The van der Waals surface area contributed by atoms with E-state index in [0.29, 0.717) is 44.1 Å². The second kappa shape index (κ2) is 11.7. The number of pyridine rings is 1. The van der Waals surface area contributed by atoms with E-state index in [9.17, 15) is 14.4 Å². The van der Waals surface area contributed by atoms with Gasteiger partial charge in [-0.2, -0.15) is 0 Å². The van der Waals surface area contributed by atoms with E-state index >= 15 is 0 Å². The number of carbonyl (C=O) groups is 2. The normalized spacial score (nSPS) is 11.0. The molecule has 0 aliphatic carbocycles. The highest BCUT2D eigenvalue weighted by molar-refractivity contribution is 7.99.